The zero-order chi connectivity index (χ0) is 13.5. The zero-order valence-corrected chi connectivity index (χ0v) is 11.3. The summed E-state index contributed by atoms with van der Waals surface area (Å²) in [4.78, 5) is 22.9. The average Bonchev–Trinajstić information content (AvgIpc) is 2.76. The van der Waals surface area contributed by atoms with E-state index < -0.39 is 6.03 Å². The monoisotopic (exact) mass is 257 g/mol. The second-order valence-corrected chi connectivity index (χ2v) is 4.60. The Bertz CT molecular complexity index is 296. The van der Waals surface area contributed by atoms with E-state index >= 15 is 0 Å². The number of hydrogen-bond acceptors (Lipinski definition) is 4. The van der Waals surface area contributed by atoms with Crippen molar-refractivity contribution in [1.29, 1.82) is 0 Å². The highest BCUT2D eigenvalue weighted by Gasteiger charge is 2.27. The van der Waals surface area contributed by atoms with E-state index in [0.717, 1.165) is 19.3 Å². The molecule has 0 spiro atoms. The molecule has 104 valence electrons. The molecule has 1 aliphatic carbocycles. The topological polar surface area (TPSA) is 79.5 Å². The molecular weight excluding hydrogens is 234 g/mol. The minimum Gasteiger partial charge on any atom is -0.381 e. The second kappa shape index (κ2) is 7.33. The predicted molar refractivity (Wildman–Crippen MR) is 68.2 cm³/mol. The molecule has 1 saturated carbocycles. The van der Waals surface area contributed by atoms with Gasteiger partial charge in [-0.3, -0.25) is 10.1 Å². The third-order valence-electron chi connectivity index (χ3n) is 3.17. The number of ether oxygens (including phenoxy) is 1. The molecule has 0 saturated heterocycles. The number of imide groups is 1. The number of hydrogen-bond donors (Lipinski definition) is 3. The van der Waals surface area contributed by atoms with Crippen molar-refractivity contribution in [2.24, 2.45) is 0 Å². The Kier molecular flexibility index (Phi) is 6.07. The van der Waals surface area contributed by atoms with Gasteiger partial charge in [-0.2, -0.15) is 0 Å². The van der Waals surface area contributed by atoms with Crippen LogP contribution in [-0.2, 0) is 9.53 Å². The maximum absolute atomic E-state index is 11.7. The molecular formula is C12H23N3O3. The first-order valence-corrected chi connectivity index (χ1v) is 6.44. The number of amides is 3. The van der Waals surface area contributed by atoms with E-state index in [1.165, 1.54) is 0 Å². The summed E-state index contributed by atoms with van der Waals surface area (Å²) in [6.07, 6.45) is 3.20. The first-order chi connectivity index (χ1) is 8.56. The molecule has 0 radical (unpaired) electrons. The molecule has 1 rings (SSSR count). The van der Waals surface area contributed by atoms with Gasteiger partial charge in [0.05, 0.1) is 12.1 Å². The van der Waals surface area contributed by atoms with Crippen LogP contribution in [0.25, 0.3) is 0 Å². The van der Waals surface area contributed by atoms with Crippen LogP contribution in [0.15, 0.2) is 0 Å². The largest absolute Gasteiger partial charge is 0.381 e. The summed E-state index contributed by atoms with van der Waals surface area (Å²) in [6, 6.07) is -0.546. The van der Waals surface area contributed by atoms with Crippen molar-refractivity contribution < 1.29 is 14.3 Å². The second-order valence-electron chi connectivity index (χ2n) is 4.60. The van der Waals surface area contributed by atoms with Gasteiger partial charge in [-0.15, -0.1) is 0 Å². The molecule has 3 unspecified atom stereocenters. The average molecular weight is 257 g/mol. The normalized spacial score (nSPS) is 24.6. The van der Waals surface area contributed by atoms with Gasteiger partial charge in [0.15, 0.2) is 0 Å². The van der Waals surface area contributed by atoms with Crippen LogP contribution in [0.4, 0.5) is 4.79 Å². The molecule has 3 atom stereocenters. The van der Waals surface area contributed by atoms with Crippen molar-refractivity contribution in [3.8, 4) is 0 Å². The van der Waals surface area contributed by atoms with Crippen LogP contribution in [0.2, 0.25) is 0 Å². The molecule has 3 N–H and O–H groups in total. The summed E-state index contributed by atoms with van der Waals surface area (Å²) < 4.78 is 5.28. The lowest BCUT2D eigenvalue weighted by atomic mass is 10.2. The molecule has 0 aliphatic heterocycles. The fraction of sp³-hybridized carbons (Fsp3) is 0.833. The fourth-order valence-electron chi connectivity index (χ4n) is 2.16. The van der Waals surface area contributed by atoms with Crippen LogP contribution in [0.1, 0.15) is 33.1 Å². The Morgan fingerprint density at radius 1 is 1.39 bits per heavy atom. The Morgan fingerprint density at radius 3 is 2.67 bits per heavy atom. The molecule has 0 heterocycles. The van der Waals surface area contributed by atoms with E-state index in [4.69, 9.17) is 4.74 Å². The summed E-state index contributed by atoms with van der Waals surface area (Å²) in [6.45, 7) is 4.06. The van der Waals surface area contributed by atoms with Crippen molar-refractivity contribution in [2.75, 3.05) is 13.7 Å². The quantitative estimate of drug-likeness (QED) is 0.665. The lowest BCUT2D eigenvalue weighted by Crippen LogP contribution is -2.50. The SMILES string of the molecule is CCNC(=O)NC(=O)C(C)NC1CCC(OC)C1. The maximum Gasteiger partial charge on any atom is 0.321 e. The Labute approximate surface area is 108 Å². The summed E-state index contributed by atoms with van der Waals surface area (Å²) in [5.41, 5.74) is 0. The van der Waals surface area contributed by atoms with Crippen LogP contribution in [0.3, 0.4) is 0 Å². The number of urea groups is 1. The first kappa shape index (κ1) is 14.9. The first-order valence-electron chi connectivity index (χ1n) is 6.44. The highest BCUT2D eigenvalue weighted by molar-refractivity contribution is 5.96. The molecule has 0 aromatic heterocycles. The molecule has 0 bridgehead atoms. The highest BCUT2D eigenvalue weighted by atomic mass is 16.5. The van der Waals surface area contributed by atoms with Crippen molar-refractivity contribution in [3.63, 3.8) is 0 Å². The molecule has 0 aromatic rings. The van der Waals surface area contributed by atoms with Gasteiger partial charge in [0.25, 0.3) is 0 Å². The Hall–Kier alpha value is -1.14. The smallest absolute Gasteiger partial charge is 0.321 e. The molecule has 0 aromatic carbocycles. The number of carbonyl (C=O) groups excluding carboxylic acids is 2. The molecule has 3 amide bonds. The van der Waals surface area contributed by atoms with Crippen molar-refractivity contribution in [1.82, 2.24) is 16.0 Å². The number of carbonyl (C=O) groups is 2. The van der Waals surface area contributed by atoms with Gasteiger partial charge in [0, 0.05) is 19.7 Å². The van der Waals surface area contributed by atoms with Crippen LogP contribution in [0, 0.1) is 0 Å². The highest BCUT2D eigenvalue weighted by Crippen LogP contribution is 2.21. The van der Waals surface area contributed by atoms with Gasteiger partial charge < -0.3 is 15.4 Å². The van der Waals surface area contributed by atoms with Gasteiger partial charge in [0.1, 0.15) is 0 Å². The molecule has 6 heteroatoms. The minimum absolute atomic E-state index is 0.279. The Morgan fingerprint density at radius 2 is 2.11 bits per heavy atom. The summed E-state index contributed by atoms with van der Waals surface area (Å²) >= 11 is 0. The molecule has 1 fully saturated rings. The molecule has 18 heavy (non-hydrogen) atoms. The van der Waals surface area contributed by atoms with Gasteiger partial charge >= 0.3 is 6.03 Å². The Balaban J connectivity index is 2.29. The van der Waals surface area contributed by atoms with Gasteiger partial charge in [0.2, 0.25) is 5.91 Å². The van der Waals surface area contributed by atoms with Gasteiger partial charge in [-0.1, -0.05) is 0 Å². The summed E-state index contributed by atoms with van der Waals surface area (Å²) in [5, 5.41) is 8.04. The summed E-state index contributed by atoms with van der Waals surface area (Å²) in [7, 11) is 1.71. The lowest BCUT2D eigenvalue weighted by Gasteiger charge is -2.18. The van der Waals surface area contributed by atoms with Crippen LogP contribution < -0.4 is 16.0 Å². The molecule has 6 nitrogen and oxygen atoms in total. The van der Waals surface area contributed by atoms with Gasteiger partial charge in [-0.25, -0.2) is 4.79 Å². The standard InChI is InChI=1S/C12H23N3O3/c1-4-13-12(17)15-11(16)8(2)14-9-5-6-10(7-9)18-3/h8-10,14H,4-7H2,1-3H3,(H2,13,15,16,17). The third kappa shape index (κ3) is 4.62. The van der Waals surface area contributed by atoms with Crippen molar-refractivity contribution in [2.45, 2.75) is 51.3 Å². The van der Waals surface area contributed by atoms with Crippen LogP contribution in [-0.4, -0.2) is 43.8 Å². The van der Waals surface area contributed by atoms with E-state index in [0.29, 0.717) is 6.54 Å². The minimum atomic E-state index is -0.447. The molecule has 1 aliphatic rings. The fourth-order valence-corrected chi connectivity index (χ4v) is 2.16. The van der Waals surface area contributed by atoms with E-state index in [1.807, 2.05) is 0 Å². The van der Waals surface area contributed by atoms with Crippen LogP contribution >= 0.6 is 0 Å². The number of rotatable bonds is 5. The van der Waals surface area contributed by atoms with E-state index in [-0.39, 0.29) is 24.1 Å². The van der Waals surface area contributed by atoms with E-state index in [1.54, 1.807) is 21.0 Å². The van der Waals surface area contributed by atoms with Gasteiger partial charge in [-0.05, 0) is 33.1 Å². The van der Waals surface area contributed by atoms with E-state index in [2.05, 4.69) is 16.0 Å². The van der Waals surface area contributed by atoms with Crippen LogP contribution in [0.5, 0.6) is 0 Å². The number of methoxy groups -OCH3 is 1. The van der Waals surface area contributed by atoms with E-state index in [9.17, 15) is 9.59 Å². The van der Waals surface area contributed by atoms with Crippen molar-refractivity contribution in [3.05, 3.63) is 0 Å². The summed E-state index contributed by atoms with van der Waals surface area (Å²) in [5.74, 6) is -0.304. The maximum atomic E-state index is 11.7. The predicted octanol–water partition coefficient (Wildman–Crippen LogP) is 0.378. The van der Waals surface area contributed by atoms with Crippen molar-refractivity contribution >= 4 is 11.9 Å². The lowest BCUT2D eigenvalue weighted by molar-refractivity contribution is -0.121. The number of nitrogens with one attached hydrogen (secondary N) is 3. The zero-order valence-electron chi connectivity index (χ0n) is 11.3. The third-order valence-corrected chi connectivity index (χ3v) is 3.17.